The van der Waals surface area contributed by atoms with Crippen LogP contribution < -0.4 is 21.3 Å². The van der Waals surface area contributed by atoms with Crippen molar-refractivity contribution >= 4 is 62.0 Å². The van der Waals surface area contributed by atoms with Gasteiger partial charge in [0.25, 0.3) is 0 Å². The van der Waals surface area contributed by atoms with Crippen LogP contribution in [0.2, 0.25) is 0 Å². The number of esters is 1. The molecule has 1 amide bonds. The van der Waals surface area contributed by atoms with E-state index in [-0.39, 0.29) is 48.5 Å². The average molecular weight is 985 g/mol. The number of anilines is 1. The molecule has 7 aromatic rings. The number of ketones is 2. The molecule has 5 aromatic carbocycles. The molecule has 14 nitrogen and oxygen atoms in total. The van der Waals surface area contributed by atoms with Crippen molar-refractivity contribution in [2.45, 2.75) is 148 Å². The first-order valence-electron chi connectivity index (χ1n) is 26.4. The maximum Gasteiger partial charge on any atom is 0.306 e. The summed E-state index contributed by atoms with van der Waals surface area (Å²) in [7, 11) is 2.08. The molecule has 3 aliphatic rings. The number of ether oxygens (including phenoxy) is 2. The first kappa shape index (κ1) is 49.8. The van der Waals surface area contributed by atoms with E-state index in [0.29, 0.717) is 54.0 Å². The molecule has 1 fully saturated rings. The summed E-state index contributed by atoms with van der Waals surface area (Å²) >= 11 is 0. The largest absolute Gasteiger partial charge is 0.457 e. The van der Waals surface area contributed by atoms with Crippen LogP contribution in [0.4, 0.5) is 5.69 Å². The summed E-state index contributed by atoms with van der Waals surface area (Å²) in [5, 5.41) is 16.0. The molecule has 73 heavy (non-hydrogen) atoms. The molecule has 0 spiro atoms. The number of aryl methyl sites for hydroxylation is 3. The van der Waals surface area contributed by atoms with E-state index >= 15 is 0 Å². The second-order valence-corrected chi connectivity index (χ2v) is 20.7. The number of benzene rings is 5. The fourth-order valence-electron chi connectivity index (χ4n) is 11.8. The summed E-state index contributed by atoms with van der Waals surface area (Å²) in [4.78, 5) is 65.1. The van der Waals surface area contributed by atoms with Crippen LogP contribution in [0.3, 0.4) is 0 Å². The van der Waals surface area contributed by atoms with E-state index in [0.717, 1.165) is 101 Å². The third-order valence-corrected chi connectivity index (χ3v) is 15.4. The van der Waals surface area contributed by atoms with E-state index < -0.39 is 23.7 Å². The van der Waals surface area contributed by atoms with Crippen LogP contribution in [0.1, 0.15) is 146 Å². The molecular weight excluding hydrogens is 917 g/mol. The van der Waals surface area contributed by atoms with Crippen LogP contribution in [-0.4, -0.2) is 78.9 Å². The number of hydrogen-bond donors (Lipinski definition) is 4. The van der Waals surface area contributed by atoms with E-state index in [9.17, 15) is 19.2 Å². The van der Waals surface area contributed by atoms with Crippen LogP contribution in [0.15, 0.2) is 91.0 Å². The number of hydrogen-bond acceptors (Lipinski definition) is 11. The Balaban J connectivity index is 0.720. The number of para-hydroxylation sites is 4. The average Bonchev–Trinajstić information content (AvgIpc) is 3.90. The standard InChI is InChI=1S/C59H68N8O6/c1-7-15-42(61-33-49-63-44-17-9-11-19-46(44)66(49)6)43(16-8-2)62-34-50-64-45-18-10-12-20-47(45)67(50)30-14-13-29-60-51(68)27-28-52(69)73-58-36(4)72-48-32-59(58,5)65-55-39(48)25-26-41-54(55)57(71)40-24-22-37-31-35(3)21-23-38(37)53(40)56(41)70/h9-12,17-26,31,36,42-43,48,58,61-62,65H,7-8,13-16,27-30,32-34H2,1-6H3,(H,60,68). The van der Waals surface area contributed by atoms with Gasteiger partial charge in [-0.05, 0) is 93.6 Å². The molecule has 2 aromatic heterocycles. The van der Waals surface area contributed by atoms with Gasteiger partial charge in [-0.15, -0.1) is 0 Å². The zero-order chi connectivity index (χ0) is 51.0. The second kappa shape index (κ2) is 21.0. The minimum atomic E-state index is -0.814. The van der Waals surface area contributed by atoms with Gasteiger partial charge >= 0.3 is 5.97 Å². The van der Waals surface area contributed by atoms with Gasteiger partial charge in [0.05, 0.1) is 70.6 Å². The lowest BCUT2D eigenvalue weighted by Gasteiger charge is -2.52. The maximum atomic E-state index is 14.4. The zero-order valence-corrected chi connectivity index (χ0v) is 43.0. The van der Waals surface area contributed by atoms with Crippen molar-refractivity contribution in [1.82, 2.24) is 35.1 Å². The summed E-state index contributed by atoms with van der Waals surface area (Å²) in [6.45, 7) is 12.9. The quantitative estimate of drug-likeness (QED) is 0.0424. The Morgan fingerprint density at radius 3 is 2.22 bits per heavy atom. The summed E-state index contributed by atoms with van der Waals surface area (Å²) in [5.41, 5.74) is 7.25. The van der Waals surface area contributed by atoms with Gasteiger partial charge in [0, 0.05) is 67.3 Å². The van der Waals surface area contributed by atoms with Crippen LogP contribution in [-0.2, 0) is 45.7 Å². The number of carbonyl (C=O) groups is 4. The van der Waals surface area contributed by atoms with Gasteiger partial charge in [-0.25, -0.2) is 9.97 Å². The molecule has 10 rings (SSSR count). The molecule has 4 N–H and O–H groups in total. The predicted molar refractivity (Wildman–Crippen MR) is 285 cm³/mol. The molecule has 0 saturated carbocycles. The highest BCUT2D eigenvalue weighted by Crippen LogP contribution is 2.50. The maximum absolute atomic E-state index is 14.4. The molecule has 2 bridgehead atoms. The Kier molecular flexibility index (Phi) is 14.3. The smallest absolute Gasteiger partial charge is 0.306 e. The van der Waals surface area contributed by atoms with Crippen molar-refractivity contribution < 1.29 is 28.7 Å². The van der Waals surface area contributed by atoms with Crippen molar-refractivity contribution in [2.24, 2.45) is 7.05 Å². The highest BCUT2D eigenvalue weighted by molar-refractivity contribution is 6.33. The topological polar surface area (TPSA) is 170 Å². The Bertz CT molecular complexity index is 3250. The number of imidazole rings is 2. The van der Waals surface area contributed by atoms with E-state index in [1.54, 1.807) is 12.1 Å². The van der Waals surface area contributed by atoms with E-state index in [2.05, 4.69) is 81.6 Å². The Morgan fingerprint density at radius 2 is 1.48 bits per heavy atom. The Hall–Kier alpha value is -6.74. The first-order chi connectivity index (χ1) is 35.3. The van der Waals surface area contributed by atoms with Crippen molar-refractivity contribution in [3.8, 4) is 0 Å². The molecular formula is C59H68N8O6. The first-order valence-corrected chi connectivity index (χ1v) is 26.4. The van der Waals surface area contributed by atoms with Gasteiger partial charge in [-0.2, -0.15) is 0 Å². The molecule has 1 saturated heterocycles. The zero-order valence-electron chi connectivity index (χ0n) is 43.0. The van der Waals surface area contributed by atoms with Crippen molar-refractivity contribution in [1.29, 1.82) is 0 Å². The highest BCUT2D eigenvalue weighted by Gasteiger charge is 2.53. The van der Waals surface area contributed by atoms with E-state index in [4.69, 9.17) is 19.4 Å². The number of aromatic nitrogens is 4. The third-order valence-electron chi connectivity index (χ3n) is 15.4. The molecule has 380 valence electrons. The van der Waals surface area contributed by atoms with Gasteiger partial charge in [-0.3, -0.25) is 19.2 Å². The number of unbranched alkanes of at least 4 members (excludes halogenated alkanes) is 1. The van der Waals surface area contributed by atoms with Gasteiger partial charge in [-0.1, -0.05) is 86.8 Å². The summed E-state index contributed by atoms with van der Waals surface area (Å²) in [5.74, 6) is 0.863. The normalized spacial score (nSPS) is 19.8. The molecule has 0 radical (unpaired) electrons. The monoisotopic (exact) mass is 985 g/mol. The Morgan fingerprint density at radius 1 is 0.822 bits per heavy atom. The van der Waals surface area contributed by atoms with Crippen molar-refractivity contribution in [2.75, 3.05) is 11.9 Å². The number of rotatable bonds is 20. The fourth-order valence-corrected chi connectivity index (χ4v) is 11.8. The van der Waals surface area contributed by atoms with Crippen LogP contribution in [0.25, 0.3) is 32.8 Å². The molecule has 2 aliphatic heterocycles. The van der Waals surface area contributed by atoms with Crippen LogP contribution >= 0.6 is 0 Å². The minimum Gasteiger partial charge on any atom is -0.457 e. The summed E-state index contributed by atoms with van der Waals surface area (Å²) in [6.07, 6.45) is 4.57. The fraction of sp³-hybridized carbons (Fsp3) is 0.424. The summed E-state index contributed by atoms with van der Waals surface area (Å²) in [6, 6.07) is 30.2. The number of nitrogens with zero attached hydrogens (tertiary/aromatic N) is 4. The van der Waals surface area contributed by atoms with Crippen LogP contribution in [0.5, 0.6) is 0 Å². The van der Waals surface area contributed by atoms with Gasteiger partial charge in [0.2, 0.25) is 5.91 Å². The molecule has 1 aliphatic carbocycles. The van der Waals surface area contributed by atoms with Crippen molar-refractivity contribution in [3.05, 3.63) is 136 Å². The van der Waals surface area contributed by atoms with Crippen molar-refractivity contribution in [3.63, 3.8) is 0 Å². The SMILES string of the molecule is CCCC(NCc1nc2ccccc2n1C)C(CCC)NCc1nc2ccccc2n1CCCCNC(=O)CCC(=O)OC1C(C)OC2CC1(C)Nc1c2ccc2c1C(=O)c1ccc3cc(C)ccc3c1C2=O. The molecule has 14 heteroatoms. The number of amides is 1. The van der Waals surface area contributed by atoms with Gasteiger partial charge in [0.15, 0.2) is 17.7 Å². The Labute approximate surface area is 427 Å². The van der Waals surface area contributed by atoms with Crippen LogP contribution in [0, 0.1) is 6.92 Å². The van der Waals surface area contributed by atoms with Gasteiger partial charge in [0.1, 0.15) is 11.6 Å². The predicted octanol–water partition coefficient (Wildman–Crippen LogP) is 9.70. The van der Waals surface area contributed by atoms with Gasteiger partial charge < -0.3 is 39.9 Å². The van der Waals surface area contributed by atoms with E-state index in [1.165, 1.54) is 0 Å². The van der Waals surface area contributed by atoms with E-state index in [1.807, 2.05) is 69.3 Å². The number of nitrogens with one attached hydrogen (secondary N) is 4. The molecule has 6 atom stereocenters. The minimum absolute atomic E-state index is 0.0125. The molecule has 6 unspecified atom stereocenters. The third kappa shape index (κ3) is 9.80. The lowest BCUT2D eigenvalue weighted by atomic mass is 9.73. The molecule has 4 heterocycles. The summed E-state index contributed by atoms with van der Waals surface area (Å²) < 4.78 is 17.1. The lowest BCUT2D eigenvalue weighted by Crippen LogP contribution is -2.61. The highest BCUT2D eigenvalue weighted by atomic mass is 16.6. The number of fused-ring (bicyclic) bond motifs is 11. The number of carbonyl (C=O) groups excluding carboxylic acids is 4. The lowest BCUT2D eigenvalue weighted by molar-refractivity contribution is -0.183. The second-order valence-electron chi connectivity index (χ2n) is 20.7.